The number of rotatable bonds is 6. The molecule has 0 amide bonds. The van der Waals surface area contributed by atoms with Crippen molar-refractivity contribution in [3.63, 3.8) is 0 Å². The van der Waals surface area contributed by atoms with Crippen LogP contribution in [0, 0.1) is 0 Å². The van der Waals surface area contributed by atoms with Gasteiger partial charge >= 0.3 is 0 Å². The number of halogens is 1. The van der Waals surface area contributed by atoms with E-state index in [1.807, 2.05) is 32.0 Å². The smallest absolute Gasteiger partial charge is 0.134 e. The summed E-state index contributed by atoms with van der Waals surface area (Å²) in [4.78, 5) is 0. The molecule has 1 aromatic carbocycles. The van der Waals surface area contributed by atoms with E-state index >= 15 is 0 Å². The van der Waals surface area contributed by atoms with Crippen LogP contribution in [0.4, 0.5) is 0 Å². The second-order valence-electron chi connectivity index (χ2n) is 3.84. The number of phenolic OH excluding ortho intramolecular Hbond substituents is 1. The number of benzene rings is 1. The van der Waals surface area contributed by atoms with Gasteiger partial charge in [0.05, 0.1) is 17.2 Å². The van der Waals surface area contributed by atoms with Crippen molar-refractivity contribution in [2.75, 3.05) is 13.2 Å². The summed E-state index contributed by atoms with van der Waals surface area (Å²) in [6.45, 7) is 6.14. The van der Waals surface area contributed by atoms with Gasteiger partial charge in [0.15, 0.2) is 0 Å². The average Bonchev–Trinajstić information content (AvgIpc) is 2.23. The monoisotopic (exact) mass is 287 g/mol. The summed E-state index contributed by atoms with van der Waals surface area (Å²) < 4.78 is 6.13. The Morgan fingerprint density at radius 2 is 2.19 bits per heavy atom. The summed E-state index contributed by atoms with van der Waals surface area (Å²) in [5.74, 6) is 0.305. The third kappa shape index (κ3) is 4.51. The van der Waals surface area contributed by atoms with Crippen molar-refractivity contribution >= 4 is 15.9 Å². The molecule has 0 aliphatic rings. The normalized spacial score (nSPS) is 11.0. The largest absolute Gasteiger partial charge is 0.506 e. The van der Waals surface area contributed by atoms with E-state index in [1.165, 1.54) is 0 Å². The van der Waals surface area contributed by atoms with Crippen LogP contribution in [0.15, 0.2) is 22.7 Å². The number of nitrogens with one attached hydrogen (secondary N) is 1. The van der Waals surface area contributed by atoms with Crippen LogP contribution in [-0.4, -0.2) is 24.4 Å². The SMILES string of the molecule is CC(C)OCCNCc1cccc(Br)c1O. The molecule has 16 heavy (non-hydrogen) atoms. The molecule has 0 bridgehead atoms. The van der Waals surface area contributed by atoms with Gasteiger partial charge in [-0.2, -0.15) is 0 Å². The highest BCUT2D eigenvalue weighted by molar-refractivity contribution is 9.10. The molecular weight excluding hydrogens is 270 g/mol. The maximum absolute atomic E-state index is 9.72. The van der Waals surface area contributed by atoms with Crippen LogP contribution in [0.5, 0.6) is 5.75 Å². The van der Waals surface area contributed by atoms with E-state index in [0.29, 0.717) is 18.9 Å². The van der Waals surface area contributed by atoms with Gasteiger partial charge in [-0.1, -0.05) is 12.1 Å². The third-order valence-electron chi connectivity index (χ3n) is 2.12. The molecule has 3 nitrogen and oxygen atoms in total. The van der Waals surface area contributed by atoms with E-state index in [2.05, 4.69) is 21.2 Å². The second-order valence-corrected chi connectivity index (χ2v) is 4.70. The van der Waals surface area contributed by atoms with Gasteiger partial charge in [0.25, 0.3) is 0 Å². The lowest BCUT2D eigenvalue weighted by atomic mass is 10.2. The Morgan fingerprint density at radius 1 is 1.44 bits per heavy atom. The summed E-state index contributed by atoms with van der Waals surface area (Å²) in [5, 5.41) is 12.9. The molecule has 4 heteroatoms. The zero-order valence-corrected chi connectivity index (χ0v) is 11.3. The summed E-state index contributed by atoms with van der Waals surface area (Å²) >= 11 is 3.29. The molecule has 0 fully saturated rings. The number of phenols is 1. The van der Waals surface area contributed by atoms with Gasteiger partial charge in [-0.15, -0.1) is 0 Å². The lowest BCUT2D eigenvalue weighted by molar-refractivity contribution is 0.0807. The minimum absolute atomic E-state index is 0.265. The molecular formula is C12H18BrNO2. The molecule has 0 aliphatic heterocycles. The minimum atomic E-state index is 0.265. The topological polar surface area (TPSA) is 41.5 Å². The van der Waals surface area contributed by atoms with Crippen LogP contribution >= 0.6 is 15.9 Å². The van der Waals surface area contributed by atoms with Gasteiger partial charge in [0, 0.05) is 18.7 Å². The Kier molecular flexibility index (Phi) is 5.80. The molecule has 0 saturated carbocycles. The Balaban J connectivity index is 2.29. The first-order valence-corrected chi connectivity index (χ1v) is 6.19. The maximum Gasteiger partial charge on any atom is 0.134 e. The van der Waals surface area contributed by atoms with Gasteiger partial charge in [0.1, 0.15) is 5.75 Å². The summed E-state index contributed by atoms with van der Waals surface area (Å²) in [7, 11) is 0. The molecule has 0 unspecified atom stereocenters. The second kappa shape index (κ2) is 6.89. The van der Waals surface area contributed by atoms with Crippen molar-refractivity contribution in [1.29, 1.82) is 0 Å². The standard InChI is InChI=1S/C12H18BrNO2/c1-9(2)16-7-6-14-8-10-4-3-5-11(13)12(10)15/h3-5,9,14-15H,6-8H2,1-2H3. The van der Waals surface area contributed by atoms with E-state index in [1.54, 1.807) is 0 Å². The van der Waals surface area contributed by atoms with Gasteiger partial charge in [0.2, 0.25) is 0 Å². The zero-order chi connectivity index (χ0) is 12.0. The van der Waals surface area contributed by atoms with Crippen LogP contribution in [-0.2, 0) is 11.3 Å². The van der Waals surface area contributed by atoms with Crippen molar-refractivity contribution < 1.29 is 9.84 Å². The Morgan fingerprint density at radius 3 is 2.88 bits per heavy atom. The molecule has 0 atom stereocenters. The van der Waals surface area contributed by atoms with Gasteiger partial charge in [-0.05, 0) is 35.8 Å². The Labute approximate surface area is 105 Å². The fraction of sp³-hybridized carbons (Fsp3) is 0.500. The van der Waals surface area contributed by atoms with Gasteiger partial charge in [-0.3, -0.25) is 0 Å². The van der Waals surface area contributed by atoms with Crippen LogP contribution in [0.3, 0.4) is 0 Å². The molecule has 0 radical (unpaired) electrons. The number of hydrogen-bond donors (Lipinski definition) is 2. The van der Waals surface area contributed by atoms with Gasteiger partial charge in [-0.25, -0.2) is 0 Å². The number of hydrogen-bond acceptors (Lipinski definition) is 3. The molecule has 0 aromatic heterocycles. The summed E-state index contributed by atoms with van der Waals surface area (Å²) in [5.41, 5.74) is 0.888. The lowest BCUT2D eigenvalue weighted by Gasteiger charge is -2.10. The molecule has 0 heterocycles. The van der Waals surface area contributed by atoms with E-state index in [0.717, 1.165) is 16.6 Å². The van der Waals surface area contributed by atoms with Crippen LogP contribution in [0.1, 0.15) is 19.4 Å². The lowest BCUT2D eigenvalue weighted by Crippen LogP contribution is -2.21. The number of aromatic hydroxyl groups is 1. The van der Waals surface area contributed by atoms with Crippen molar-refractivity contribution in [2.45, 2.75) is 26.5 Å². The highest BCUT2D eigenvalue weighted by Gasteiger charge is 2.03. The minimum Gasteiger partial charge on any atom is -0.506 e. The van der Waals surface area contributed by atoms with Crippen molar-refractivity contribution in [1.82, 2.24) is 5.32 Å². The predicted octanol–water partition coefficient (Wildman–Crippen LogP) is 2.67. The molecule has 0 aliphatic carbocycles. The van der Waals surface area contributed by atoms with E-state index in [4.69, 9.17) is 4.74 Å². The Hall–Kier alpha value is -0.580. The highest BCUT2D eigenvalue weighted by Crippen LogP contribution is 2.26. The average molecular weight is 288 g/mol. The number of ether oxygens (including phenoxy) is 1. The number of para-hydroxylation sites is 1. The van der Waals surface area contributed by atoms with Crippen molar-refractivity contribution in [3.05, 3.63) is 28.2 Å². The quantitative estimate of drug-likeness (QED) is 0.791. The fourth-order valence-electron chi connectivity index (χ4n) is 1.29. The maximum atomic E-state index is 9.72. The first kappa shape index (κ1) is 13.5. The van der Waals surface area contributed by atoms with Crippen LogP contribution in [0.25, 0.3) is 0 Å². The molecule has 0 spiro atoms. The first-order chi connectivity index (χ1) is 7.61. The predicted molar refractivity (Wildman–Crippen MR) is 68.6 cm³/mol. The molecule has 0 saturated heterocycles. The van der Waals surface area contributed by atoms with E-state index in [-0.39, 0.29) is 6.10 Å². The summed E-state index contributed by atoms with van der Waals surface area (Å²) in [6.07, 6.45) is 0.265. The molecule has 1 rings (SSSR count). The first-order valence-electron chi connectivity index (χ1n) is 5.40. The van der Waals surface area contributed by atoms with Crippen LogP contribution in [0.2, 0.25) is 0 Å². The fourth-order valence-corrected chi connectivity index (χ4v) is 1.70. The van der Waals surface area contributed by atoms with Crippen LogP contribution < -0.4 is 5.32 Å². The van der Waals surface area contributed by atoms with Gasteiger partial charge < -0.3 is 15.2 Å². The van der Waals surface area contributed by atoms with E-state index < -0.39 is 0 Å². The third-order valence-corrected chi connectivity index (χ3v) is 2.76. The molecule has 90 valence electrons. The summed E-state index contributed by atoms with van der Waals surface area (Å²) in [6, 6.07) is 5.63. The highest BCUT2D eigenvalue weighted by atomic mass is 79.9. The van der Waals surface area contributed by atoms with Crippen molar-refractivity contribution in [3.8, 4) is 5.75 Å². The molecule has 2 N–H and O–H groups in total. The van der Waals surface area contributed by atoms with E-state index in [9.17, 15) is 5.11 Å². The zero-order valence-electron chi connectivity index (χ0n) is 9.66. The Bertz CT molecular complexity index is 329. The molecule has 1 aromatic rings. The van der Waals surface area contributed by atoms with Crippen molar-refractivity contribution in [2.24, 2.45) is 0 Å².